The highest BCUT2D eigenvalue weighted by Gasteiger charge is 2.54. The Labute approximate surface area is 160 Å². The lowest BCUT2D eigenvalue weighted by atomic mass is 9.95. The molecule has 0 saturated heterocycles. The highest BCUT2D eigenvalue weighted by atomic mass is 79.9. The predicted octanol–water partition coefficient (Wildman–Crippen LogP) is 3.85. The van der Waals surface area contributed by atoms with Crippen molar-refractivity contribution in [3.05, 3.63) is 58.1 Å². The van der Waals surface area contributed by atoms with Gasteiger partial charge in [0.1, 0.15) is 0 Å². The summed E-state index contributed by atoms with van der Waals surface area (Å²) in [6, 6.07) is 13.0. The average molecular weight is 414 g/mol. The van der Waals surface area contributed by atoms with Gasteiger partial charge in [-0.05, 0) is 42.7 Å². The summed E-state index contributed by atoms with van der Waals surface area (Å²) in [6.07, 6.45) is 0.891. The van der Waals surface area contributed by atoms with Crippen molar-refractivity contribution in [2.45, 2.75) is 25.9 Å². The lowest BCUT2D eigenvalue weighted by Crippen LogP contribution is -2.60. The second-order valence-electron chi connectivity index (χ2n) is 7.18. The van der Waals surface area contributed by atoms with Crippen LogP contribution >= 0.6 is 15.9 Å². The fourth-order valence-corrected chi connectivity index (χ4v) is 3.94. The van der Waals surface area contributed by atoms with Crippen LogP contribution < -0.4 is 15.5 Å². The molecule has 6 heteroatoms. The minimum atomic E-state index is -1.26. The summed E-state index contributed by atoms with van der Waals surface area (Å²) in [5, 5.41) is 6.25. The van der Waals surface area contributed by atoms with Crippen LogP contribution in [0.3, 0.4) is 0 Å². The van der Waals surface area contributed by atoms with Gasteiger partial charge in [0.05, 0.1) is 11.3 Å². The molecule has 134 valence electrons. The molecule has 0 aliphatic carbocycles. The van der Waals surface area contributed by atoms with Gasteiger partial charge in [0, 0.05) is 22.3 Å². The molecule has 26 heavy (non-hydrogen) atoms. The van der Waals surface area contributed by atoms with Crippen molar-refractivity contribution in [2.75, 3.05) is 16.8 Å². The van der Waals surface area contributed by atoms with Gasteiger partial charge in [-0.25, -0.2) is 0 Å². The number of amides is 2. The summed E-state index contributed by atoms with van der Waals surface area (Å²) >= 11 is 3.49. The van der Waals surface area contributed by atoms with Crippen molar-refractivity contribution in [3.63, 3.8) is 0 Å². The van der Waals surface area contributed by atoms with E-state index in [4.69, 9.17) is 0 Å². The fourth-order valence-electron chi connectivity index (χ4n) is 3.58. The van der Waals surface area contributed by atoms with E-state index in [0.717, 1.165) is 22.1 Å². The number of carbonyl (C=O) groups excluding carboxylic acids is 2. The van der Waals surface area contributed by atoms with E-state index >= 15 is 0 Å². The SMILES string of the molecule is CC(C)CCN1C(=O)[C@@]2(NC(=O)c3ccccc3N2)c2cc(Br)ccc21. The van der Waals surface area contributed by atoms with Crippen LogP contribution in [0, 0.1) is 5.92 Å². The molecule has 0 radical (unpaired) electrons. The van der Waals surface area contributed by atoms with Crippen LogP contribution in [0.2, 0.25) is 0 Å². The van der Waals surface area contributed by atoms with Crippen LogP contribution in [-0.4, -0.2) is 18.4 Å². The van der Waals surface area contributed by atoms with Crippen molar-refractivity contribution >= 4 is 39.1 Å². The minimum absolute atomic E-state index is 0.144. The number of nitrogens with zero attached hydrogens (tertiary/aromatic N) is 1. The van der Waals surface area contributed by atoms with Crippen LogP contribution in [0.5, 0.6) is 0 Å². The normalized spacial score (nSPS) is 20.8. The summed E-state index contributed by atoms with van der Waals surface area (Å²) in [5.41, 5.74) is 1.56. The zero-order valence-corrected chi connectivity index (χ0v) is 16.3. The molecule has 2 N–H and O–H groups in total. The Morgan fingerprint density at radius 3 is 2.65 bits per heavy atom. The van der Waals surface area contributed by atoms with Crippen LogP contribution in [0.1, 0.15) is 36.2 Å². The number of halogens is 1. The second kappa shape index (κ2) is 6.13. The van der Waals surface area contributed by atoms with E-state index in [-0.39, 0.29) is 11.8 Å². The molecular weight excluding hydrogens is 394 g/mol. The molecule has 2 aliphatic heterocycles. The highest BCUT2D eigenvalue weighted by Crippen LogP contribution is 2.44. The lowest BCUT2D eigenvalue weighted by molar-refractivity contribution is -0.123. The minimum Gasteiger partial charge on any atom is -0.350 e. The third kappa shape index (κ3) is 2.51. The molecular formula is C20H20BrN3O2. The maximum Gasteiger partial charge on any atom is 0.278 e. The fraction of sp³-hybridized carbons (Fsp3) is 0.300. The maximum absolute atomic E-state index is 13.5. The van der Waals surface area contributed by atoms with Gasteiger partial charge in [-0.15, -0.1) is 0 Å². The van der Waals surface area contributed by atoms with Crippen molar-refractivity contribution < 1.29 is 9.59 Å². The maximum atomic E-state index is 13.5. The molecule has 2 aromatic rings. The smallest absolute Gasteiger partial charge is 0.278 e. The summed E-state index contributed by atoms with van der Waals surface area (Å²) in [6.45, 7) is 4.89. The van der Waals surface area contributed by atoms with E-state index in [1.165, 1.54) is 0 Å². The van der Waals surface area contributed by atoms with Gasteiger partial charge in [-0.3, -0.25) is 9.59 Å². The number of fused-ring (bicyclic) bond motifs is 3. The third-order valence-corrected chi connectivity index (χ3v) is 5.44. The van der Waals surface area contributed by atoms with Crippen molar-refractivity contribution in [1.82, 2.24) is 5.32 Å². The first kappa shape index (κ1) is 17.1. The van der Waals surface area contributed by atoms with Crippen LogP contribution in [0.4, 0.5) is 11.4 Å². The Morgan fingerprint density at radius 1 is 1.12 bits per heavy atom. The summed E-state index contributed by atoms with van der Waals surface area (Å²) < 4.78 is 0.865. The Hall–Kier alpha value is -2.34. The van der Waals surface area contributed by atoms with Gasteiger partial charge in [0.15, 0.2) is 0 Å². The van der Waals surface area contributed by atoms with E-state index in [2.05, 4.69) is 40.4 Å². The highest BCUT2D eigenvalue weighted by molar-refractivity contribution is 9.10. The molecule has 0 bridgehead atoms. The van der Waals surface area contributed by atoms with E-state index in [1.807, 2.05) is 36.4 Å². The van der Waals surface area contributed by atoms with Gasteiger partial charge in [-0.1, -0.05) is 41.9 Å². The molecule has 2 aliphatic rings. The monoisotopic (exact) mass is 413 g/mol. The number of para-hydroxylation sites is 1. The van der Waals surface area contributed by atoms with Gasteiger partial charge < -0.3 is 15.5 Å². The zero-order valence-electron chi connectivity index (χ0n) is 14.7. The number of rotatable bonds is 3. The Morgan fingerprint density at radius 2 is 1.88 bits per heavy atom. The molecule has 2 amide bonds. The van der Waals surface area contributed by atoms with Gasteiger partial charge in [-0.2, -0.15) is 0 Å². The summed E-state index contributed by atoms with van der Waals surface area (Å²) in [5.74, 6) is 0.0892. The number of carbonyl (C=O) groups is 2. The molecule has 5 nitrogen and oxygen atoms in total. The summed E-state index contributed by atoms with van der Waals surface area (Å²) in [4.78, 5) is 28.0. The number of hydrogen-bond acceptors (Lipinski definition) is 3. The lowest BCUT2D eigenvalue weighted by Gasteiger charge is -2.36. The standard InChI is InChI=1S/C20H20BrN3O2/c1-12(2)9-10-24-17-8-7-13(21)11-15(17)20(19(24)26)22-16-6-4-3-5-14(16)18(25)23-20/h3-8,11-12,22H,9-10H2,1-2H3,(H,23,25)/t20-/m0/s1. The molecule has 0 saturated carbocycles. The Bertz CT molecular complexity index is 912. The van der Waals surface area contributed by atoms with Gasteiger partial charge in [0.25, 0.3) is 11.8 Å². The van der Waals surface area contributed by atoms with Crippen molar-refractivity contribution in [3.8, 4) is 0 Å². The molecule has 4 rings (SSSR count). The molecule has 0 unspecified atom stereocenters. The zero-order chi connectivity index (χ0) is 18.5. The Balaban J connectivity index is 1.83. The van der Waals surface area contributed by atoms with Crippen LogP contribution in [0.25, 0.3) is 0 Å². The molecule has 1 atom stereocenters. The van der Waals surface area contributed by atoms with Crippen molar-refractivity contribution in [1.29, 1.82) is 0 Å². The molecule has 1 spiro atoms. The average Bonchev–Trinajstić information content (AvgIpc) is 2.81. The van der Waals surface area contributed by atoms with E-state index < -0.39 is 5.66 Å². The van der Waals surface area contributed by atoms with E-state index in [9.17, 15) is 9.59 Å². The van der Waals surface area contributed by atoms with Gasteiger partial charge >= 0.3 is 0 Å². The number of hydrogen-bond donors (Lipinski definition) is 2. The number of nitrogens with one attached hydrogen (secondary N) is 2. The first-order valence-electron chi connectivity index (χ1n) is 8.74. The second-order valence-corrected chi connectivity index (χ2v) is 8.09. The predicted molar refractivity (Wildman–Crippen MR) is 105 cm³/mol. The van der Waals surface area contributed by atoms with E-state index in [0.29, 0.717) is 23.7 Å². The van der Waals surface area contributed by atoms with Crippen LogP contribution in [-0.2, 0) is 10.5 Å². The molecule has 2 aromatic carbocycles. The number of anilines is 2. The third-order valence-electron chi connectivity index (χ3n) is 4.94. The van der Waals surface area contributed by atoms with E-state index in [1.54, 1.807) is 11.0 Å². The summed E-state index contributed by atoms with van der Waals surface area (Å²) in [7, 11) is 0. The van der Waals surface area contributed by atoms with Crippen LogP contribution in [0.15, 0.2) is 46.9 Å². The van der Waals surface area contributed by atoms with Gasteiger partial charge in [0.2, 0.25) is 5.66 Å². The number of benzene rings is 2. The first-order valence-corrected chi connectivity index (χ1v) is 9.53. The molecule has 0 fully saturated rings. The van der Waals surface area contributed by atoms with Crippen molar-refractivity contribution in [2.24, 2.45) is 5.92 Å². The first-order chi connectivity index (χ1) is 12.4. The quantitative estimate of drug-likeness (QED) is 0.802. The largest absolute Gasteiger partial charge is 0.350 e. The molecule has 2 heterocycles. The molecule has 0 aromatic heterocycles. The Kier molecular flexibility index (Phi) is 4.03. The topological polar surface area (TPSA) is 61.4 Å².